The summed E-state index contributed by atoms with van der Waals surface area (Å²) in [6, 6.07) is 0. The fourth-order valence-corrected chi connectivity index (χ4v) is 3.06. The minimum absolute atomic E-state index is 0.0716. The summed E-state index contributed by atoms with van der Waals surface area (Å²) in [6.07, 6.45) is 6.64. The van der Waals surface area contributed by atoms with Crippen LogP contribution < -0.4 is 0 Å². The lowest BCUT2D eigenvalue weighted by atomic mass is 9.94. The predicted molar refractivity (Wildman–Crippen MR) is 70.6 cm³/mol. The summed E-state index contributed by atoms with van der Waals surface area (Å²) < 4.78 is 5.32. The van der Waals surface area contributed by atoms with Crippen LogP contribution in [0, 0.1) is 5.92 Å². The molecule has 4 heteroatoms. The van der Waals surface area contributed by atoms with Gasteiger partial charge in [-0.15, -0.1) is 0 Å². The summed E-state index contributed by atoms with van der Waals surface area (Å²) in [5.41, 5.74) is -0.121. The lowest BCUT2D eigenvalue weighted by Crippen LogP contribution is -2.31. The minimum atomic E-state index is -0.634. The zero-order chi connectivity index (χ0) is 13.8. The van der Waals surface area contributed by atoms with Crippen LogP contribution in [0.5, 0.6) is 0 Å². The molecule has 1 saturated carbocycles. The van der Waals surface area contributed by atoms with Crippen molar-refractivity contribution in [1.29, 1.82) is 0 Å². The average Bonchev–Trinajstić information content (AvgIpc) is 2.81. The Balaban J connectivity index is 2.00. The first kappa shape index (κ1) is 14.1. The van der Waals surface area contributed by atoms with E-state index in [1.54, 1.807) is 0 Å². The zero-order valence-electron chi connectivity index (χ0n) is 11.5. The average molecular weight is 266 g/mol. The Labute approximate surface area is 113 Å². The van der Waals surface area contributed by atoms with Crippen molar-refractivity contribution in [2.45, 2.75) is 64.4 Å². The van der Waals surface area contributed by atoms with Crippen molar-refractivity contribution in [3.05, 3.63) is 11.3 Å². The highest BCUT2D eigenvalue weighted by atomic mass is 16.5. The van der Waals surface area contributed by atoms with Crippen molar-refractivity contribution in [3.63, 3.8) is 0 Å². The number of ether oxygens (including phenoxy) is 1. The van der Waals surface area contributed by atoms with E-state index in [1.165, 1.54) is 25.7 Å². The van der Waals surface area contributed by atoms with Crippen molar-refractivity contribution in [2.24, 2.45) is 5.92 Å². The highest BCUT2D eigenvalue weighted by molar-refractivity contribution is 6.18. The van der Waals surface area contributed by atoms with Crippen molar-refractivity contribution in [2.75, 3.05) is 0 Å². The van der Waals surface area contributed by atoms with Gasteiger partial charge in [0.15, 0.2) is 5.78 Å². The Bertz CT molecular complexity index is 391. The molecule has 0 spiro atoms. The summed E-state index contributed by atoms with van der Waals surface area (Å²) >= 11 is 0. The molecule has 0 amide bonds. The van der Waals surface area contributed by atoms with Gasteiger partial charge in [0.25, 0.3) is 0 Å². The van der Waals surface area contributed by atoms with Gasteiger partial charge in [-0.05, 0) is 18.8 Å². The summed E-state index contributed by atoms with van der Waals surface area (Å²) in [6.45, 7) is 1.87. The Morgan fingerprint density at radius 3 is 2.63 bits per heavy atom. The number of rotatable bonds is 5. The number of carbonyl (C=O) groups is 2. The van der Waals surface area contributed by atoms with Gasteiger partial charge < -0.3 is 9.84 Å². The fraction of sp³-hybridized carbons (Fsp3) is 0.733. The molecule has 1 unspecified atom stereocenters. The Hall–Kier alpha value is -1.32. The van der Waals surface area contributed by atoms with Crippen LogP contribution in [-0.2, 0) is 14.3 Å². The molecule has 1 aliphatic carbocycles. The number of aliphatic hydroxyl groups is 1. The largest absolute Gasteiger partial charge is 0.511 e. The van der Waals surface area contributed by atoms with Crippen molar-refractivity contribution < 1.29 is 19.4 Å². The van der Waals surface area contributed by atoms with Gasteiger partial charge in [-0.1, -0.05) is 32.6 Å². The van der Waals surface area contributed by atoms with E-state index in [9.17, 15) is 14.7 Å². The van der Waals surface area contributed by atoms with Crippen LogP contribution >= 0.6 is 0 Å². The summed E-state index contributed by atoms with van der Waals surface area (Å²) in [7, 11) is 0. The van der Waals surface area contributed by atoms with E-state index in [4.69, 9.17) is 4.74 Å². The number of Topliss-reactive ketones (excluding diaryl/α,β-unsaturated/α-hetero) is 1. The smallest absolute Gasteiger partial charge is 0.345 e. The van der Waals surface area contributed by atoms with Gasteiger partial charge >= 0.3 is 5.97 Å². The SMILES string of the molecule is CCCC(=O)C1=C(O)CC(CC2CCCC2)OC1=O. The third kappa shape index (κ3) is 3.37. The number of cyclic esters (lactones) is 1. The molecule has 1 N–H and O–H groups in total. The van der Waals surface area contributed by atoms with Crippen LogP contribution in [0.4, 0.5) is 0 Å². The quantitative estimate of drug-likeness (QED) is 0.613. The van der Waals surface area contributed by atoms with Crippen molar-refractivity contribution in [1.82, 2.24) is 0 Å². The predicted octanol–water partition coefficient (Wildman–Crippen LogP) is 3.06. The molecule has 0 bridgehead atoms. The third-order valence-electron chi connectivity index (χ3n) is 4.01. The second kappa shape index (κ2) is 6.22. The Kier molecular flexibility index (Phi) is 4.61. The second-order valence-electron chi connectivity index (χ2n) is 5.61. The van der Waals surface area contributed by atoms with Crippen molar-refractivity contribution in [3.8, 4) is 0 Å². The van der Waals surface area contributed by atoms with Gasteiger partial charge in [0.05, 0.1) is 0 Å². The normalized spacial score (nSPS) is 24.7. The molecular formula is C15H22O4. The first-order chi connectivity index (χ1) is 9.11. The molecule has 1 fully saturated rings. The first-order valence-corrected chi connectivity index (χ1v) is 7.28. The molecule has 106 valence electrons. The van der Waals surface area contributed by atoms with Gasteiger partial charge in [0, 0.05) is 12.8 Å². The Morgan fingerprint density at radius 1 is 1.37 bits per heavy atom. The molecule has 1 aliphatic heterocycles. The van der Waals surface area contributed by atoms with Crippen molar-refractivity contribution >= 4 is 11.8 Å². The zero-order valence-corrected chi connectivity index (χ0v) is 11.5. The maximum absolute atomic E-state index is 11.8. The number of esters is 1. The standard InChI is InChI=1S/C15H22O4/c1-2-5-12(16)14-13(17)9-11(19-15(14)18)8-10-6-3-4-7-10/h10-11,17H,2-9H2,1H3. The summed E-state index contributed by atoms with van der Waals surface area (Å²) in [4.78, 5) is 23.6. The van der Waals surface area contributed by atoms with E-state index in [0.717, 1.165) is 6.42 Å². The molecule has 1 atom stereocenters. The highest BCUT2D eigenvalue weighted by Gasteiger charge is 2.34. The van der Waals surface area contributed by atoms with E-state index >= 15 is 0 Å². The van der Waals surface area contributed by atoms with E-state index in [2.05, 4.69) is 0 Å². The van der Waals surface area contributed by atoms with Crippen LogP contribution in [0.15, 0.2) is 11.3 Å². The number of aliphatic hydroxyl groups excluding tert-OH is 1. The van der Waals surface area contributed by atoms with Crippen LogP contribution in [0.3, 0.4) is 0 Å². The minimum Gasteiger partial charge on any atom is -0.511 e. The van der Waals surface area contributed by atoms with Crippen LogP contribution in [0.1, 0.15) is 58.3 Å². The van der Waals surface area contributed by atoms with Gasteiger partial charge in [-0.2, -0.15) is 0 Å². The molecule has 0 saturated heterocycles. The van der Waals surface area contributed by atoms with Gasteiger partial charge in [-0.25, -0.2) is 4.79 Å². The molecule has 1 heterocycles. The van der Waals surface area contributed by atoms with Gasteiger partial charge in [0.1, 0.15) is 17.4 Å². The summed E-state index contributed by atoms with van der Waals surface area (Å²) in [5, 5.41) is 9.94. The van der Waals surface area contributed by atoms with E-state index < -0.39 is 5.97 Å². The fourth-order valence-electron chi connectivity index (χ4n) is 3.06. The molecule has 0 aromatic heterocycles. The highest BCUT2D eigenvalue weighted by Crippen LogP contribution is 2.33. The Morgan fingerprint density at radius 2 is 2.05 bits per heavy atom. The number of hydrogen-bond donors (Lipinski definition) is 1. The summed E-state index contributed by atoms with van der Waals surface area (Å²) in [5.74, 6) is -0.411. The second-order valence-corrected chi connectivity index (χ2v) is 5.61. The molecule has 0 aromatic rings. The number of ketones is 1. The molecule has 19 heavy (non-hydrogen) atoms. The maximum atomic E-state index is 11.8. The maximum Gasteiger partial charge on any atom is 0.345 e. The van der Waals surface area contributed by atoms with Crippen LogP contribution in [-0.4, -0.2) is 23.0 Å². The molecular weight excluding hydrogens is 244 g/mol. The van der Waals surface area contributed by atoms with Gasteiger partial charge in [0.2, 0.25) is 0 Å². The molecule has 2 aliphatic rings. The molecule has 2 rings (SSSR count). The molecule has 0 radical (unpaired) electrons. The molecule has 0 aromatic carbocycles. The number of hydrogen-bond acceptors (Lipinski definition) is 4. The first-order valence-electron chi connectivity index (χ1n) is 7.28. The number of carbonyl (C=O) groups excluding carboxylic acids is 2. The molecule has 4 nitrogen and oxygen atoms in total. The third-order valence-corrected chi connectivity index (χ3v) is 4.01. The van der Waals surface area contributed by atoms with Crippen LogP contribution in [0.25, 0.3) is 0 Å². The lowest BCUT2D eigenvalue weighted by molar-refractivity contribution is -0.148. The van der Waals surface area contributed by atoms with E-state index in [0.29, 0.717) is 18.8 Å². The van der Waals surface area contributed by atoms with E-state index in [-0.39, 0.29) is 29.6 Å². The lowest BCUT2D eigenvalue weighted by Gasteiger charge is -2.25. The topological polar surface area (TPSA) is 63.6 Å². The van der Waals surface area contributed by atoms with Crippen LogP contribution in [0.2, 0.25) is 0 Å². The monoisotopic (exact) mass is 266 g/mol. The van der Waals surface area contributed by atoms with E-state index in [1.807, 2.05) is 6.92 Å². The van der Waals surface area contributed by atoms with Gasteiger partial charge in [-0.3, -0.25) is 4.79 Å².